The van der Waals surface area contributed by atoms with Crippen LogP contribution < -0.4 is 5.32 Å². The van der Waals surface area contributed by atoms with Gasteiger partial charge in [0.25, 0.3) is 11.6 Å². The minimum Gasteiger partial charge on any atom is -0.452 e. The van der Waals surface area contributed by atoms with Crippen LogP contribution in [0.15, 0.2) is 65.1 Å². The van der Waals surface area contributed by atoms with Gasteiger partial charge in [-0.25, -0.2) is 4.79 Å². The van der Waals surface area contributed by atoms with Gasteiger partial charge in [-0.05, 0) is 44.9 Å². The molecule has 8 heteroatoms. The van der Waals surface area contributed by atoms with Gasteiger partial charge >= 0.3 is 5.97 Å². The second-order valence-corrected chi connectivity index (χ2v) is 6.46. The van der Waals surface area contributed by atoms with E-state index in [-0.39, 0.29) is 5.69 Å². The van der Waals surface area contributed by atoms with E-state index in [0.29, 0.717) is 15.7 Å². The van der Waals surface area contributed by atoms with Crippen LogP contribution in [0.4, 0.5) is 11.4 Å². The molecule has 27 heavy (non-hydrogen) atoms. The molecule has 3 aromatic carbocycles. The van der Waals surface area contributed by atoms with Gasteiger partial charge < -0.3 is 10.1 Å². The molecule has 0 saturated carbocycles. The van der Waals surface area contributed by atoms with Crippen molar-refractivity contribution in [1.82, 2.24) is 0 Å². The molecule has 0 atom stereocenters. The summed E-state index contributed by atoms with van der Waals surface area (Å²) in [7, 11) is 0. The Morgan fingerprint density at radius 2 is 1.78 bits per heavy atom. The Balaban J connectivity index is 1.61. The highest BCUT2D eigenvalue weighted by molar-refractivity contribution is 9.10. The predicted molar refractivity (Wildman–Crippen MR) is 104 cm³/mol. The van der Waals surface area contributed by atoms with E-state index in [1.807, 2.05) is 24.3 Å². The van der Waals surface area contributed by atoms with Crippen molar-refractivity contribution in [2.75, 3.05) is 11.9 Å². The monoisotopic (exact) mass is 428 g/mol. The number of nitro benzene ring substituents is 1. The number of ether oxygens (including phenoxy) is 1. The number of fused-ring (bicyclic) bond motifs is 1. The highest BCUT2D eigenvalue weighted by Crippen LogP contribution is 2.27. The minimum absolute atomic E-state index is 0.109. The van der Waals surface area contributed by atoms with Crippen molar-refractivity contribution in [1.29, 1.82) is 0 Å². The molecule has 0 aromatic heterocycles. The molecule has 0 saturated heterocycles. The fourth-order valence-corrected chi connectivity index (χ4v) is 2.90. The third-order valence-electron chi connectivity index (χ3n) is 3.76. The number of rotatable bonds is 5. The smallest absolute Gasteiger partial charge is 0.338 e. The zero-order valence-electron chi connectivity index (χ0n) is 13.8. The summed E-state index contributed by atoms with van der Waals surface area (Å²) >= 11 is 3.16. The number of amides is 1. The number of non-ortho nitro benzene ring substituents is 1. The Morgan fingerprint density at radius 1 is 1.04 bits per heavy atom. The number of esters is 1. The quantitative estimate of drug-likeness (QED) is 0.370. The first-order valence-electron chi connectivity index (χ1n) is 7.84. The van der Waals surface area contributed by atoms with E-state index in [1.165, 1.54) is 18.2 Å². The van der Waals surface area contributed by atoms with Gasteiger partial charge in [-0.3, -0.25) is 14.9 Å². The van der Waals surface area contributed by atoms with Gasteiger partial charge in [0.15, 0.2) is 6.61 Å². The summed E-state index contributed by atoms with van der Waals surface area (Å²) < 4.78 is 5.39. The maximum absolute atomic E-state index is 12.1. The number of halogens is 1. The lowest BCUT2D eigenvalue weighted by molar-refractivity contribution is -0.384. The molecule has 136 valence electrons. The van der Waals surface area contributed by atoms with Crippen molar-refractivity contribution in [3.8, 4) is 0 Å². The van der Waals surface area contributed by atoms with Crippen LogP contribution >= 0.6 is 15.9 Å². The summed E-state index contributed by atoms with van der Waals surface area (Å²) in [6.07, 6.45) is 0. The molecule has 7 nitrogen and oxygen atoms in total. The number of nitro groups is 1. The van der Waals surface area contributed by atoms with Crippen molar-refractivity contribution in [3.05, 3.63) is 80.8 Å². The number of carbonyl (C=O) groups is 2. The molecule has 1 N–H and O–H groups in total. The lowest BCUT2D eigenvalue weighted by atomic mass is 10.1. The number of nitrogens with zero attached hydrogens (tertiary/aromatic N) is 1. The zero-order valence-corrected chi connectivity index (χ0v) is 15.4. The number of hydrogen-bond donors (Lipinski definition) is 1. The standard InChI is InChI=1S/C19H13BrN2O5/c20-16-10-15(22(25)26)7-8-17(16)21-18(23)11-27-19(24)14-6-5-12-3-1-2-4-13(12)9-14/h1-10H,11H2,(H,21,23). The van der Waals surface area contributed by atoms with Gasteiger partial charge in [0.1, 0.15) is 0 Å². The molecule has 0 aliphatic rings. The zero-order chi connectivity index (χ0) is 19.4. The molecule has 0 unspecified atom stereocenters. The van der Waals surface area contributed by atoms with Gasteiger partial charge in [-0.15, -0.1) is 0 Å². The third-order valence-corrected chi connectivity index (χ3v) is 4.41. The molecule has 0 radical (unpaired) electrons. The van der Waals surface area contributed by atoms with Crippen LogP contribution in [0.5, 0.6) is 0 Å². The molecular formula is C19H13BrN2O5. The number of carbonyl (C=O) groups excluding carboxylic acids is 2. The number of anilines is 1. The largest absolute Gasteiger partial charge is 0.452 e. The summed E-state index contributed by atoms with van der Waals surface area (Å²) in [6.45, 7) is -0.477. The Bertz CT molecular complexity index is 1050. The summed E-state index contributed by atoms with van der Waals surface area (Å²) in [5.74, 6) is -1.17. The summed E-state index contributed by atoms with van der Waals surface area (Å²) in [6, 6.07) is 16.7. The topological polar surface area (TPSA) is 98.5 Å². The van der Waals surface area contributed by atoms with Crippen molar-refractivity contribution < 1.29 is 19.2 Å². The van der Waals surface area contributed by atoms with Crippen LogP contribution in [-0.4, -0.2) is 23.4 Å². The van der Waals surface area contributed by atoms with E-state index in [1.54, 1.807) is 18.2 Å². The fraction of sp³-hybridized carbons (Fsp3) is 0.0526. The van der Waals surface area contributed by atoms with Crippen molar-refractivity contribution in [2.24, 2.45) is 0 Å². The van der Waals surface area contributed by atoms with Crippen molar-refractivity contribution in [2.45, 2.75) is 0 Å². The van der Waals surface area contributed by atoms with Crippen LogP contribution in [0.3, 0.4) is 0 Å². The average Bonchev–Trinajstić information content (AvgIpc) is 2.67. The van der Waals surface area contributed by atoms with Crippen LogP contribution in [0.2, 0.25) is 0 Å². The highest BCUT2D eigenvalue weighted by atomic mass is 79.9. The second-order valence-electron chi connectivity index (χ2n) is 5.61. The predicted octanol–water partition coefficient (Wildman–Crippen LogP) is 4.31. The Labute approximate surface area is 162 Å². The summed E-state index contributed by atoms with van der Waals surface area (Å²) in [5.41, 5.74) is 0.577. The second kappa shape index (κ2) is 7.96. The Kier molecular flexibility index (Phi) is 5.46. The average molecular weight is 429 g/mol. The number of nitrogens with one attached hydrogen (secondary N) is 1. The number of hydrogen-bond acceptors (Lipinski definition) is 5. The van der Waals surface area contributed by atoms with Gasteiger partial charge in [-0.1, -0.05) is 30.3 Å². The SMILES string of the molecule is O=C(COC(=O)c1ccc2ccccc2c1)Nc1ccc([N+](=O)[O-])cc1Br. The van der Waals surface area contributed by atoms with Crippen LogP contribution in [0.25, 0.3) is 10.8 Å². The minimum atomic E-state index is -0.612. The molecule has 0 spiro atoms. The molecule has 0 aliphatic carbocycles. The molecular weight excluding hydrogens is 416 g/mol. The molecule has 1 amide bonds. The van der Waals surface area contributed by atoms with Gasteiger partial charge in [-0.2, -0.15) is 0 Å². The summed E-state index contributed by atoms with van der Waals surface area (Å²) in [4.78, 5) is 34.3. The van der Waals surface area contributed by atoms with Crippen LogP contribution in [0.1, 0.15) is 10.4 Å². The Hall–Kier alpha value is -3.26. The molecule has 3 rings (SSSR count). The molecule has 3 aromatic rings. The van der Waals surface area contributed by atoms with E-state index in [4.69, 9.17) is 4.74 Å². The lowest BCUT2D eigenvalue weighted by Gasteiger charge is -2.08. The van der Waals surface area contributed by atoms with E-state index >= 15 is 0 Å². The molecule has 0 bridgehead atoms. The number of benzene rings is 3. The van der Waals surface area contributed by atoms with Crippen molar-refractivity contribution in [3.63, 3.8) is 0 Å². The molecule has 0 heterocycles. The van der Waals surface area contributed by atoms with Crippen LogP contribution in [-0.2, 0) is 9.53 Å². The first-order chi connectivity index (χ1) is 12.9. The van der Waals surface area contributed by atoms with E-state index in [0.717, 1.165) is 10.8 Å². The lowest BCUT2D eigenvalue weighted by Crippen LogP contribution is -2.21. The summed E-state index contributed by atoms with van der Waals surface area (Å²) in [5, 5.41) is 15.1. The first-order valence-corrected chi connectivity index (χ1v) is 8.63. The van der Waals surface area contributed by atoms with Gasteiger partial charge in [0.05, 0.1) is 16.2 Å². The molecule has 0 aliphatic heterocycles. The molecule has 0 fully saturated rings. The highest BCUT2D eigenvalue weighted by Gasteiger charge is 2.14. The third kappa shape index (κ3) is 4.48. The fourth-order valence-electron chi connectivity index (χ4n) is 2.44. The Morgan fingerprint density at radius 3 is 2.48 bits per heavy atom. The van der Waals surface area contributed by atoms with Crippen molar-refractivity contribution >= 4 is 50.0 Å². The van der Waals surface area contributed by atoms with Crippen LogP contribution in [0, 0.1) is 10.1 Å². The van der Waals surface area contributed by atoms with Gasteiger partial charge in [0, 0.05) is 16.6 Å². The normalized spacial score (nSPS) is 10.4. The van der Waals surface area contributed by atoms with E-state index < -0.39 is 23.4 Å². The van der Waals surface area contributed by atoms with E-state index in [2.05, 4.69) is 21.2 Å². The van der Waals surface area contributed by atoms with E-state index in [9.17, 15) is 19.7 Å². The maximum Gasteiger partial charge on any atom is 0.338 e. The van der Waals surface area contributed by atoms with Gasteiger partial charge in [0.2, 0.25) is 0 Å². The maximum atomic E-state index is 12.1. The first kappa shape index (κ1) is 18.5.